The van der Waals surface area contributed by atoms with E-state index in [2.05, 4.69) is 0 Å². The summed E-state index contributed by atoms with van der Waals surface area (Å²) < 4.78 is 0. The fraction of sp³-hybridized carbons (Fsp3) is 1.00. The van der Waals surface area contributed by atoms with E-state index in [1.165, 1.54) is 0 Å². The zero-order chi connectivity index (χ0) is 8.15. The topological polar surface area (TPSA) is 113 Å². The van der Waals surface area contributed by atoms with Crippen molar-refractivity contribution in [2.75, 3.05) is 13.2 Å². The van der Waals surface area contributed by atoms with E-state index < -0.39 is 24.8 Å². The summed E-state index contributed by atoms with van der Waals surface area (Å²) in [4.78, 5) is 0. The number of rotatable bonds is 4. The second-order valence-electron chi connectivity index (χ2n) is 2.17. The third-order valence-electron chi connectivity index (χ3n) is 1.34. The van der Waals surface area contributed by atoms with Gasteiger partial charge in [0, 0.05) is 6.04 Å². The first-order chi connectivity index (χ1) is 4.63. The summed E-state index contributed by atoms with van der Waals surface area (Å²) in [5.74, 6) is 0. The van der Waals surface area contributed by atoms with Crippen LogP contribution in [0.1, 0.15) is 0 Å². The zero-order valence-electron chi connectivity index (χ0n) is 5.64. The summed E-state index contributed by atoms with van der Waals surface area (Å²) in [6, 6.07) is -1.45. The van der Waals surface area contributed by atoms with Gasteiger partial charge in [0.05, 0.1) is 25.4 Å². The summed E-state index contributed by atoms with van der Waals surface area (Å²) in [6.45, 7) is -0.729. The van der Waals surface area contributed by atoms with Crippen LogP contribution in [0, 0.1) is 0 Å². The number of aliphatic hydroxyl groups excluding tert-OH is 3. The summed E-state index contributed by atoms with van der Waals surface area (Å²) in [6.07, 6.45) is -1.05. The summed E-state index contributed by atoms with van der Waals surface area (Å²) >= 11 is 0. The van der Waals surface area contributed by atoms with Gasteiger partial charge in [-0.1, -0.05) is 0 Å². The van der Waals surface area contributed by atoms with Crippen molar-refractivity contribution in [1.82, 2.24) is 0 Å². The van der Waals surface area contributed by atoms with E-state index in [-0.39, 0.29) is 6.61 Å². The molecular weight excluding hydrogens is 136 g/mol. The second kappa shape index (κ2) is 4.59. The Morgan fingerprint density at radius 2 is 1.60 bits per heavy atom. The van der Waals surface area contributed by atoms with Crippen LogP contribution >= 0.6 is 0 Å². The highest BCUT2D eigenvalue weighted by Gasteiger charge is 2.19. The van der Waals surface area contributed by atoms with Crippen LogP contribution in [0.3, 0.4) is 0 Å². The molecule has 5 nitrogen and oxygen atoms in total. The van der Waals surface area contributed by atoms with Crippen molar-refractivity contribution in [3.8, 4) is 0 Å². The molecule has 0 saturated heterocycles. The van der Waals surface area contributed by atoms with Crippen LogP contribution in [-0.2, 0) is 0 Å². The lowest BCUT2D eigenvalue weighted by Crippen LogP contribution is -2.52. The van der Waals surface area contributed by atoms with Gasteiger partial charge in [0.2, 0.25) is 0 Å². The van der Waals surface area contributed by atoms with Gasteiger partial charge in [0.1, 0.15) is 0 Å². The molecule has 3 atom stereocenters. The standard InChI is InChI=1S/C5H14N2O3/c6-3(1-8)5(7)4(10)2-9/h3-5,8-10H,1-2,6-7H2/t3-,4+,5+/m0/s1. The number of hydrogen-bond acceptors (Lipinski definition) is 5. The van der Waals surface area contributed by atoms with Crippen molar-refractivity contribution in [3.63, 3.8) is 0 Å². The van der Waals surface area contributed by atoms with E-state index in [1.807, 2.05) is 0 Å². The molecule has 0 rings (SSSR count). The van der Waals surface area contributed by atoms with Crippen LogP contribution in [0.4, 0.5) is 0 Å². The molecule has 0 aromatic rings. The molecule has 0 amide bonds. The quantitative estimate of drug-likeness (QED) is 0.293. The van der Waals surface area contributed by atoms with Crippen molar-refractivity contribution >= 4 is 0 Å². The molecule has 62 valence electrons. The Labute approximate surface area is 59.3 Å². The minimum absolute atomic E-state index is 0.293. The van der Waals surface area contributed by atoms with Crippen molar-refractivity contribution in [3.05, 3.63) is 0 Å². The number of hydrogen-bond donors (Lipinski definition) is 5. The van der Waals surface area contributed by atoms with Gasteiger partial charge in [0.25, 0.3) is 0 Å². The van der Waals surface area contributed by atoms with Gasteiger partial charge in [-0.05, 0) is 0 Å². The molecule has 0 unspecified atom stereocenters. The second-order valence-corrected chi connectivity index (χ2v) is 2.17. The van der Waals surface area contributed by atoms with Crippen molar-refractivity contribution in [2.24, 2.45) is 11.5 Å². The van der Waals surface area contributed by atoms with E-state index in [0.717, 1.165) is 0 Å². The molecule has 0 aliphatic carbocycles. The lowest BCUT2D eigenvalue weighted by atomic mass is 10.1. The molecule has 0 heterocycles. The van der Waals surface area contributed by atoms with Crippen LogP contribution in [-0.4, -0.2) is 46.7 Å². The highest BCUT2D eigenvalue weighted by atomic mass is 16.3. The van der Waals surface area contributed by atoms with Crippen LogP contribution in [0.15, 0.2) is 0 Å². The maximum absolute atomic E-state index is 8.86. The Bertz CT molecular complexity index is 81.0. The first-order valence-electron chi connectivity index (χ1n) is 3.04. The SMILES string of the molecule is N[C@@H]([C@H](O)CO)[C@@H](N)CO. The van der Waals surface area contributed by atoms with Gasteiger partial charge in [-0.2, -0.15) is 0 Å². The van der Waals surface area contributed by atoms with E-state index >= 15 is 0 Å². The molecule has 0 aliphatic heterocycles. The smallest absolute Gasteiger partial charge is 0.0937 e. The van der Waals surface area contributed by atoms with E-state index in [1.54, 1.807) is 0 Å². The Hall–Kier alpha value is -0.200. The van der Waals surface area contributed by atoms with Crippen molar-refractivity contribution in [1.29, 1.82) is 0 Å². The van der Waals surface area contributed by atoms with Gasteiger partial charge in [-0.15, -0.1) is 0 Å². The lowest BCUT2D eigenvalue weighted by molar-refractivity contribution is 0.0593. The number of aliphatic hydroxyl groups is 3. The Morgan fingerprint density at radius 3 is 1.90 bits per heavy atom. The molecule has 0 radical (unpaired) electrons. The maximum atomic E-state index is 8.86. The lowest BCUT2D eigenvalue weighted by Gasteiger charge is -2.21. The zero-order valence-corrected chi connectivity index (χ0v) is 5.64. The van der Waals surface area contributed by atoms with Crippen LogP contribution in [0.25, 0.3) is 0 Å². The molecule has 0 spiro atoms. The van der Waals surface area contributed by atoms with E-state index in [0.29, 0.717) is 0 Å². The third kappa shape index (κ3) is 2.59. The van der Waals surface area contributed by atoms with Gasteiger partial charge in [0.15, 0.2) is 0 Å². The third-order valence-corrected chi connectivity index (χ3v) is 1.34. The van der Waals surface area contributed by atoms with Gasteiger partial charge >= 0.3 is 0 Å². The van der Waals surface area contributed by atoms with Crippen molar-refractivity contribution < 1.29 is 15.3 Å². The molecule has 0 aliphatic rings. The normalized spacial score (nSPS) is 20.1. The molecule has 0 saturated carbocycles. The summed E-state index contributed by atoms with van der Waals surface area (Å²) in [5, 5.41) is 25.7. The Morgan fingerprint density at radius 1 is 1.10 bits per heavy atom. The van der Waals surface area contributed by atoms with Gasteiger partial charge in [-0.3, -0.25) is 0 Å². The molecule has 7 N–H and O–H groups in total. The average Bonchev–Trinajstić information content (AvgIpc) is 2.00. The number of nitrogens with two attached hydrogens (primary N) is 2. The van der Waals surface area contributed by atoms with Gasteiger partial charge in [-0.25, -0.2) is 0 Å². The van der Waals surface area contributed by atoms with E-state index in [4.69, 9.17) is 26.8 Å². The molecule has 10 heavy (non-hydrogen) atoms. The first-order valence-corrected chi connectivity index (χ1v) is 3.04. The molecule has 0 bridgehead atoms. The summed E-state index contributed by atoms with van der Waals surface area (Å²) in [5.41, 5.74) is 10.5. The average molecular weight is 150 g/mol. The highest BCUT2D eigenvalue weighted by Crippen LogP contribution is 1.92. The maximum Gasteiger partial charge on any atom is 0.0937 e. The van der Waals surface area contributed by atoms with E-state index in [9.17, 15) is 0 Å². The molecule has 0 fully saturated rings. The van der Waals surface area contributed by atoms with Crippen molar-refractivity contribution in [2.45, 2.75) is 18.2 Å². The molecule has 5 heteroatoms. The minimum atomic E-state index is -1.05. The fourth-order valence-electron chi connectivity index (χ4n) is 0.529. The van der Waals surface area contributed by atoms with Gasteiger partial charge < -0.3 is 26.8 Å². The van der Waals surface area contributed by atoms with Crippen LogP contribution < -0.4 is 11.5 Å². The molecule has 0 aromatic heterocycles. The summed E-state index contributed by atoms with van der Waals surface area (Å²) in [7, 11) is 0. The minimum Gasteiger partial charge on any atom is -0.395 e. The van der Waals surface area contributed by atoms with Crippen LogP contribution in [0.2, 0.25) is 0 Å². The predicted molar refractivity (Wildman–Crippen MR) is 36.1 cm³/mol. The Kier molecular flexibility index (Phi) is 4.50. The largest absolute Gasteiger partial charge is 0.395 e. The fourth-order valence-corrected chi connectivity index (χ4v) is 0.529. The Balaban J connectivity index is 3.69. The first kappa shape index (κ1) is 9.80. The molecular formula is C5H14N2O3. The monoisotopic (exact) mass is 150 g/mol. The predicted octanol–water partition coefficient (Wildman–Crippen LogP) is -3.01. The molecule has 0 aromatic carbocycles. The highest BCUT2D eigenvalue weighted by molar-refractivity contribution is 4.81. The van der Waals surface area contributed by atoms with Crippen LogP contribution in [0.5, 0.6) is 0 Å².